The molecule has 0 saturated heterocycles. The molecule has 36 heavy (non-hydrogen) atoms. The summed E-state index contributed by atoms with van der Waals surface area (Å²) in [6, 6.07) is 28.8. The fourth-order valence-corrected chi connectivity index (χ4v) is 4.30. The number of carbonyl (C=O) groups is 2. The Bertz CT molecular complexity index is 1340. The van der Waals surface area contributed by atoms with Crippen molar-refractivity contribution in [3.63, 3.8) is 0 Å². The van der Waals surface area contributed by atoms with E-state index in [-0.39, 0.29) is 18.4 Å². The summed E-state index contributed by atoms with van der Waals surface area (Å²) in [6.45, 7) is 6.70. The van der Waals surface area contributed by atoms with E-state index in [9.17, 15) is 9.59 Å². The number of fused-ring (bicyclic) bond motifs is 1. The van der Waals surface area contributed by atoms with Gasteiger partial charge in [0.2, 0.25) is 0 Å². The lowest BCUT2D eigenvalue weighted by molar-refractivity contribution is -0.118. The molecule has 1 N–H and O–H groups in total. The highest BCUT2D eigenvalue weighted by Gasteiger charge is 2.18. The van der Waals surface area contributed by atoms with Crippen LogP contribution in [0, 0.1) is 0 Å². The first-order valence-corrected chi connectivity index (χ1v) is 12.4. The molecule has 0 bridgehead atoms. The minimum atomic E-state index is -0.251. The van der Waals surface area contributed by atoms with Crippen molar-refractivity contribution in [2.24, 2.45) is 0 Å². The molecule has 0 aromatic heterocycles. The van der Waals surface area contributed by atoms with Crippen LogP contribution in [-0.4, -0.2) is 25.0 Å². The molecule has 5 heteroatoms. The van der Waals surface area contributed by atoms with E-state index in [1.54, 1.807) is 29.2 Å². The standard InChI is InChI=1S/C31H32N2O3/c1-4-22(3)26-13-8-9-16-29(26)36-21-30(34)32-25-19-17-24(18-20-25)31(35)33(5-2)28-15-10-12-23-11-6-7-14-27(23)28/h6-20,22H,4-5,21H2,1-3H3,(H,32,34). The maximum absolute atomic E-state index is 13.3. The summed E-state index contributed by atoms with van der Waals surface area (Å²) in [5, 5.41) is 4.98. The van der Waals surface area contributed by atoms with Crippen LogP contribution in [0.3, 0.4) is 0 Å². The zero-order valence-corrected chi connectivity index (χ0v) is 21.0. The lowest BCUT2D eigenvalue weighted by Crippen LogP contribution is -2.30. The maximum atomic E-state index is 13.3. The topological polar surface area (TPSA) is 58.6 Å². The summed E-state index contributed by atoms with van der Waals surface area (Å²) in [5.74, 6) is 0.748. The Kier molecular flexibility index (Phi) is 8.01. The van der Waals surface area contributed by atoms with Crippen LogP contribution in [0.2, 0.25) is 0 Å². The van der Waals surface area contributed by atoms with Gasteiger partial charge in [-0.05, 0) is 66.6 Å². The van der Waals surface area contributed by atoms with Gasteiger partial charge in [-0.1, -0.05) is 68.4 Å². The second-order valence-electron chi connectivity index (χ2n) is 8.81. The average Bonchev–Trinajstić information content (AvgIpc) is 2.92. The SMILES string of the molecule is CCC(C)c1ccccc1OCC(=O)Nc1ccc(C(=O)N(CC)c2cccc3ccccc23)cc1. The first kappa shape index (κ1) is 25.0. The van der Waals surface area contributed by atoms with E-state index in [1.165, 1.54) is 0 Å². The average molecular weight is 481 g/mol. The highest BCUT2D eigenvalue weighted by atomic mass is 16.5. The fraction of sp³-hybridized carbons (Fsp3) is 0.226. The Hall–Kier alpha value is -4.12. The Balaban J connectivity index is 1.42. The molecular weight excluding hydrogens is 448 g/mol. The molecule has 1 atom stereocenters. The molecule has 2 amide bonds. The molecule has 1 unspecified atom stereocenters. The summed E-state index contributed by atoms with van der Waals surface area (Å²) in [4.78, 5) is 27.6. The number of rotatable bonds is 9. The minimum absolute atomic E-state index is 0.0845. The predicted molar refractivity (Wildman–Crippen MR) is 147 cm³/mol. The highest BCUT2D eigenvalue weighted by molar-refractivity contribution is 6.11. The zero-order valence-electron chi connectivity index (χ0n) is 21.0. The van der Waals surface area contributed by atoms with E-state index in [0.717, 1.165) is 34.2 Å². The van der Waals surface area contributed by atoms with Gasteiger partial charge in [0.15, 0.2) is 6.61 Å². The van der Waals surface area contributed by atoms with Gasteiger partial charge in [0.25, 0.3) is 11.8 Å². The van der Waals surface area contributed by atoms with Crippen molar-refractivity contribution in [1.82, 2.24) is 0 Å². The molecular formula is C31H32N2O3. The van der Waals surface area contributed by atoms with Crippen LogP contribution >= 0.6 is 0 Å². The normalized spacial score (nSPS) is 11.6. The molecule has 0 radical (unpaired) electrons. The van der Waals surface area contributed by atoms with E-state index in [1.807, 2.05) is 73.7 Å². The van der Waals surface area contributed by atoms with Gasteiger partial charge < -0.3 is 15.0 Å². The summed E-state index contributed by atoms with van der Waals surface area (Å²) in [6.07, 6.45) is 0.994. The molecule has 184 valence electrons. The van der Waals surface area contributed by atoms with E-state index in [4.69, 9.17) is 4.74 Å². The molecule has 4 aromatic carbocycles. The molecule has 0 saturated carbocycles. The van der Waals surface area contributed by atoms with Crippen LogP contribution in [0.5, 0.6) is 5.75 Å². The number of nitrogens with one attached hydrogen (secondary N) is 1. The van der Waals surface area contributed by atoms with Crippen LogP contribution in [0.4, 0.5) is 11.4 Å². The quantitative estimate of drug-likeness (QED) is 0.280. The van der Waals surface area contributed by atoms with Crippen LogP contribution in [0.15, 0.2) is 91.0 Å². The lowest BCUT2D eigenvalue weighted by atomic mass is 9.98. The molecule has 4 rings (SSSR count). The number of benzene rings is 4. The van der Waals surface area contributed by atoms with E-state index in [2.05, 4.69) is 19.2 Å². The number of anilines is 2. The van der Waals surface area contributed by atoms with E-state index < -0.39 is 0 Å². The van der Waals surface area contributed by atoms with Gasteiger partial charge in [-0.25, -0.2) is 0 Å². The second kappa shape index (κ2) is 11.5. The summed E-state index contributed by atoms with van der Waals surface area (Å²) in [7, 11) is 0. The van der Waals surface area contributed by atoms with Crippen molar-refractivity contribution >= 4 is 34.0 Å². The molecule has 0 heterocycles. The fourth-order valence-electron chi connectivity index (χ4n) is 4.30. The van der Waals surface area contributed by atoms with Gasteiger partial charge in [-0.15, -0.1) is 0 Å². The lowest BCUT2D eigenvalue weighted by Gasteiger charge is -2.23. The van der Waals surface area contributed by atoms with Crippen LogP contribution < -0.4 is 15.0 Å². The molecule has 4 aromatic rings. The predicted octanol–water partition coefficient (Wildman–Crippen LogP) is 7.04. The maximum Gasteiger partial charge on any atom is 0.262 e. The van der Waals surface area contributed by atoms with Crippen molar-refractivity contribution in [2.75, 3.05) is 23.4 Å². The smallest absolute Gasteiger partial charge is 0.262 e. The Morgan fingerprint density at radius 3 is 2.31 bits per heavy atom. The van der Waals surface area contributed by atoms with Crippen molar-refractivity contribution in [2.45, 2.75) is 33.1 Å². The highest BCUT2D eigenvalue weighted by Crippen LogP contribution is 2.29. The van der Waals surface area contributed by atoms with Crippen molar-refractivity contribution in [1.29, 1.82) is 0 Å². The van der Waals surface area contributed by atoms with Gasteiger partial charge in [0.05, 0.1) is 5.69 Å². The van der Waals surface area contributed by atoms with Gasteiger partial charge >= 0.3 is 0 Å². The Morgan fingerprint density at radius 1 is 0.861 bits per heavy atom. The molecule has 5 nitrogen and oxygen atoms in total. The summed E-state index contributed by atoms with van der Waals surface area (Å²) >= 11 is 0. The van der Waals surface area contributed by atoms with Crippen LogP contribution in [0.25, 0.3) is 10.8 Å². The molecule has 0 spiro atoms. The van der Waals surface area contributed by atoms with Crippen LogP contribution in [0.1, 0.15) is 49.0 Å². The number of amides is 2. The number of hydrogen-bond donors (Lipinski definition) is 1. The molecule has 0 aliphatic heterocycles. The Labute approximate surface area is 212 Å². The summed E-state index contributed by atoms with van der Waals surface area (Å²) < 4.78 is 5.81. The number of hydrogen-bond acceptors (Lipinski definition) is 3. The molecule has 0 fully saturated rings. The number of para-hydroxylation sites is 1. The van der Waals surface area contributed by atoms with Gasteiger partial charge in [0, 0.05) is 23.2 Å². The van der Waals surface area contributed by atoms with E-state index >= 15 is 0 Å². The zero-order chi connectivity index (χ0) is 25.5. The van der Waals surface area contributed by atoms with E-state index in [0.29, 0.717) is 23.7 Å². The first-order valence-electron chi connectivity index (χ1n) is 12.4. The monoisotopic (exact) mass is 480 g/mol. The van der Waals surface area contributed by atoms with Crippen molar-refractivity contribution in [3.8, 4) is 5.75 Å². The number of carbonyl (C=O) groups excluding carboxylic acids is 2. The third-order valence-corrected chi connectivity index (χ3v) is 6.46. The third kappa shape index (κ3) is 5.57. The largest absolute Gasteiger partial charge is 0.483 e. The molecule has 0 aliphatic carbocycles. The minimum Gasteiger partial charge on any atom is -0.483 e. The summed E-state index contributed by atoms with van der Waals surface area (Å²) in [5.41, 5.74) is 3.15. The van der Waals surface area contributed by atoms with Crippen LogP contribution in [-0.2, 0) is 4.79 Å². The Morgan fingerprint density at radius 2 is 1.56 bits per heavy atom. The van der Waals surface area contributed by atoms with Crippen molar-refractivity contribution in [3.05, 3.63) is 102 Å². The van der Waals surface area contributed by atoms with Gasteiger partial charge in [-0.3, -0.25) is 9.59 Å². The molecule has 0 aliphatic rings. The second-order valence-corrected chi connectivity index (χ2v) is 8.81. The van der Waals surface area contributed by atoms with Crippen molar-refractivity contribution < 1.29 is 14.3 Å². The van der Waals surface area contributed by atoms with Gasteiger partial charge in [-0.2, -0.15) is 0 Å². The number of ether oxygens (including phenoxy) is 1. The third-order valence-electron chi connectivity index (χ3n) is 6.46. The first-order chi connectivity index (χ1) is 17.5. The number of nitrogens with zero attached hydrogens (tertiary/aromatic N) is 1. The van der Waals surface area contributed by atoms with Gasteiger partial charge in [0.1, 0.15) is 5.75 Å².